The molecule has 0 radical (unpaired) electrons. The van der Waals surface area contributed by atoms with Crippen LogP contribution >= 0.6 is 15.9 Å². The molecule has 0 amide bonds. The summed E-state index contributed by atoms with van der Waals surface area (Å²) in [6, 6.07) is 11.5. The van der Waals surface area contributed by atoms with Crippen molar-refractivity contribution in [2.75, 3.05) is 14.2 Å². The molecule has 0 N–H and O–H groups in total. The van der Waals surface area contributed by atoms with Gasteiger partial charge in [-0.2, -0.15) is 0 Å². The Bertz CT molecular complexity index is 766. The van der Waals surface area contributed by atoms with Crippen molar-refractivity contribution in [3.05, 3.63) is 63.6 Å². The molecule has 0 fully saturated rings. The summed E-state index contributed by atoms with van der Waals surface area (Å²) in [6.07, 6.45) is 3.20. The second-order valence-corrected chi connectivity index (χ2v) is 6.29. The summed E-state index contributed by atoms with van der Waals surface area (Å²) in [5.41, 5.74) is 2.85. The molecule has 1 unspecified atom stereocenters. The highest BCUT2D eigenvalue weighted by Gasteiger charge is 2.14. The molecule has 2 aromatic rings. The van der Waals surface area contributed by atoms with Crippen LogP contribution in [0.2, 0.25) is 0 Å². The molecule has 0 heterocycles. The summed E-state index contributed by atoms with van der Waals surface area (Å²) in [5, 5.41) is 0. The summed E-state index contributed by atoms with van der Waals surface area (Å²) < 4.78 is 17.0. The van der Waals surface area contributed by atoms with Crippen LogP contribution in [0.1, 0.15) is 29.7 Å². The average Bonchev–Trinajstić information content (AvgIpc) is 2.59. The number of carbonyl (C=O) groups is 1. The third kappa shape index (κ3) is 4.86. The zero-order chi connectivity index (χ0) is 18.4. The number of halogens is 1. The zero-order valence-electron chi connectivity index (χ0n) is 14.7. The first-order chi connectivity index (χ1) is 12.0. The van der Waals surface area contributed by atoms with Crippen molar-refractivity contribution in [2.24, 2.45) is 0 Å². The Balaban J connectivity index is 2.41. The topological polar surface area (TPSA) is 44.8 Å². The number of carbonyl (C=O) groups excluding carboxylic acids is 1. The van der Waals surface area contributed by atoms with E-state index in [9.17, 15) is 4.79 Å². The van der Waals surface area contributed by atoms with Crippen LogP contribution < -0.4 is 9.47 Å². The summed E-state index contributed by atoms with van der Waals surface area (Å²) in [7, 11) is 3.21. The second-order valence-electron chi connectivity index (χ2n) is 5.50. The van der Waals surface area contributed by atoms with Gasteiger partial charge >= 0.3 is 5.97 Å². The van der Waals surface area contributed by atoms with E-state index in [1.54, 1.807) is 14.2 Å². The number of methoxy groups -OCH3 is 2. The van der Waals surface area contributed by atoms with Gasteiger partial charge in [-0.15, -0.1) is 0 Å². The molecule has 0 saturated heterocycles. The maximum Gasteiger partial charge on any atom is 0.303 e. The average molecular weight is 405 g/mol. The molecule has 0 bridgehead atoms. The molecule has 1 atom stereocenters. The van der Waals surface area contributed by atoms with Crippen LogP contribution in [0.5, 0.6) is 11.5 Å². The van der Waals surface area contributed by atoms with E-state index in [1.807, 2.05) is 55.5 Å². The van der Waals surface area contributed by atoms with Gasteiger partial charge in [-0.05, 0) is 52.7 Å². The monoisotopic (exact) mass is 404 g/mol. The Morgan fingerprint density at radius 1 is 1.04 bits per heavy atom. The summed E-state index contributed by atoms with van der Waals surface area (Å²) in [5.74, 6) is 1.04. The molecule has 0 aliphatic heterocycles. The molecule has 25 heavy (non-hydrogen) atoms. The molecule has 0 aliphatic rings. The summed E-state index contributed by atoms with van der Waals surface area (Å²) >= 11 is 3.54. The molecule has 2 aromatic carbocycles. The summed E-state index contributed by atoms with van der Waals surface area (Å²) in [4.78, 5) is 11.5. The lowest BCUT2D eigenvalue weighted by molar-refractivity contribution is -0.144. The molecule has 2 rings (SSSR count). The highest BCUT2D eigenvalue weighted by atomic mass is 79.9. The van der Waals surface area contributed by atoms with E-state index in [0.717, 1.165) is 21.2 Å². The molecule has 132 valence electrons. The lowest BCUT2D eigenvalue weighted by atomic mass is 10.1. The highest BCUT2D eigenvalue weighted by molar-refractivity contribution is 9.10. The van der Waals surface area contributed by atoms with Gasteiger partial charge < -0.3 is 14.2 Å². The number of benzene rings is 2. The smallest absolute Gasteiger partial charge is 0.303 e. The van der Waals surface area contributed by atoms with Crippen molar-refractivity contribution < 1.29 is 19.0 Å². The van der Waals surface area contributed by atoms with Gasteiger partial charge in [0.25, 0.3) is 0 Å². The molecule has 0 aliphatic carbocycles. The Morgan fingerprint density at radius 2 is 1.64 bits per heavy atom. The largest absolute Gasteiger partial charge is 0.496 e. The van der Waals surface area contributed by atoms with Crippen LogP contribution in [0.3, 0.4) is 0 Å². The van der Waals surface area contributed by atoms with Crippen molar-refractivity contribution >= 4 is 28.0 Å². The fraction of sp³-hybridized carbons (Fsp3) is 0.250. The van der Waals surface area contributed by atoms with Gasteiger partial charge in [0.15, 0.2) is 0 Å². The normalized spacial score (nSPS) is 12.0. The molecular formula is C20H21BrO4. The number of hydrogen-bond donors (Lipinski definition) is 0. The van der Waals surface area contributed by atoms with E-state index in [2.05, 4.69) is 15.9 Å². The van der Waals surface area contributed by atoms with E-state index in [1.165, 1.54) is 6.92 Å². The van der Waals surface area contributed by atoms with Crippen molar-refractivity contribution in [2.45, 2.75) is 20.0 Å². The molecule has 0 spiro atoms. The highest BCUT2D eigenvalue weighted by Crippen LogP contribution is 2.36. The Kier molecular flexibility index (Phi) is 6.65. The second kappa shape index (κ2) is 8.72. The first-order valence-corrected chi connectivity index (χ1v) is 8.58. The van der Waals surface area contributed by atoms with E-state index < -0.39 is 6.10 Å². The zero-order valence-corrected chi connectivity index (χ0v) is 16.3. The minimum Gasteiger partial charge on any atom is -0.496 e. The Hall–Kier alpha value is -2.27. The summed E-state index contributed by atoms with van der Waals surface area (Å²) in [6.45, 7) is 3.41. The van der Waals surface area contributed by atoms with E-state index in [0.29, 0.717) is 11.5 Å². The quantitative estimate of drug-likeness (QED) is 0.628. The van der Waals surface area contributed by atoms with Gasteiger partial charge in [-0.1, -0.05) is 29.8 Å². The van der Waals surface area contributed by atoms with Crippen molar-refractivity contribution in [1.82, 2.24) is 0 Å². The first-order valence-electron chi connectivity index (χ1n) is 7.78. The number of aryl methyl sites for hydroxylation is 1. The lowest BCUT2D eigenvalue weighted by Crippen LogP contribution is -2.06. The molecular weight excluding hydrogens is 384 g/mol. The standard InChI is InChI=1S/C20H21BrO4/c1-13-5-7-15(8-6-13)17(25-14(2)22)10-9-16-18(23-3)11-12-19(24-4)20(16)21/h5-12,17H,1-4H3/b10-9+. The SMILES string of the molecule is COc1ccc(OC)c(/C=C/C(OC(C)=O)c2ccc(C)cc2)c1Br. The van der Waals surface area contributed by atoms with Gasteiger partial charge in [0, 0.05) is 12.5 Å². The van der Waals surface area contributed by atoms with Crippen LogP contribution in [0.15, 0.2) is 46.9 Å². The maximum absolute atomic E-state index is 11.5. The van der Waals surface area contributed by atoms with Gasteiger partial charge in [-0.25, -0.2) is 0 Å². The number of hydrogen-bond acceptors (Lipinski definition) is 4. The van der Waals surface area contributed by atoms with Crippen LogP contribution in [0, 0.1) is 6.92 Å². The van der Waals surface area contributed by atoms with Crippen molar-refractivity contribution in [3.63, 3.8) is 0 Å². The predicted octanol–water partition coefficient (Wildman–Crippen LogP) is 5.09. The third-order valence-corrected chi connectivity index (χ3v) is 4.50. The fourth-order valence-corrected chi connectivity index (χ4v) is 3.00. The van der Waals surface area contributed by atoms with E-state index in [-0.39, 0.29) is 5.97 Å². The van der Waals surface area contributed by atoms with Crippen molar-refractivity contribution in [3.8, 4) is 11.5 Å². The van der Waals surface area contributed by atoms with Crippen molar-refractivity contribution in [1.29, 1.82) is 0 Å². The predicted molar refractivity (Wildman–Crippen MR) is 102 cm³/mol. The third-order valence-electron chi connectivity index (χ3n) is 3.68. The van der Waals surface area contributed by atoms with Crippen LogP contribution in [-0.2, 0) is 9.53 Å². The number of esters is 1. The number of rotatable bonds is 6. The van der Waals surface area contributed by atoms with Gasteiger partial charge in [0.1, 0.15) is 17.6 Å². The number of ether oxygens (including phenoxy) is 3. The van der Waals surface area contributed by atoms with Gasteiger partial charge in [-0.3, -0.25) is 4.79 Å². The van der Waals surface area contributed by atoms with Gasteiger partial charge in [0.05, 0.1) is 18.7 Å². The van der Waals surface area contributed by atoms with E-state index >= 15 is 0 Å². The van der Waals surface area contributed by atoms with Crippen LogP contribution in [-0.4, -0.2) is 20.2 Å². The fourth-order valence-electron chi connectivity index (χ4n) is 2.38. The van der Waals surface area contributed by atoms with Crippen LogP contribution in [0.4, 0.5) is 0 Å². The minimum atomic E-state index is -0.485. The minimum absolute atomic E-state index is 0.341. The molecule has 0 aromatic heterocycles. The Morgan fingerprint density at radius 3 is 2.20 bits per heavy atom. The molecule has 0 saturated carbocycles. The molecule has 4 nitrogen and oxygen atoms in total. The van der Waals surface area contributed by atoms with Crippen LogP contribution in [0.25, 0.3) is 6.08 Å². The molecule has 5 heteroatoms. The van der Waals surface area contributed by atoms with Gasteiger partial charge in [0.2, 0.25) is 0 Å². The first kappa shape index (κ1) is 19.1. The van der Waals surface area contributed by atoms with E-state index in [4.69, 9.17) is 14.2 Å². The maximum atomic E-state index is 11.5. The Labute approximate surface area is 156 Å². The lowest BCUT2D eigenvalue weighted by Gasteiger charge is -2.15.